The second-order valence-corrected chi connectivity index (χ2v) is 5.52. The number of hydrogen-bond acceptors (Lipinski definition) is 3. The Morgan fingerprint density at radius 2 is 2.35 bits per heavy atom. The Morgan fingerprint density at radius 1 is 1.41 bits per heavy atom. The van der Waals surface area contributed by atoms with Crippen LogP contribution in [0.5, 0.6) is 0 Å². The van der Waals surface area contributed by atoms with Crippen LogP contribution < -0.4 is 5.32 Å². The first kappa shape index (κ1) is 11.2. The van der Waals surface area contributed by atoms with Crippen LogP contribution in [0.25, 0.3) is 5.65 Å². The fourth-order valence-corrected chi connectivity index (χ4v) is 2.74. The number of aromatic nitrogens is 3. The van der Waals surface area contributed by atoms with Gasteiger partial charge in [0.1, 0.15) is 5.82 Å². The van der Waals surface area contributed by atoms with E-state index in [1.54, 1.807) is 0 Å². The molecule has 1 atom stereocenters. The average molecular weight is 295 g/mol. The lowest BCUT2D eigenvalue weighted by Gasteiger charge is -2.21. The number of piperidine rings is 1. The minimum absolute atomic E-state index is 0.690. The minimum atomic E-state index is 0.690. The molecule has 1 aliphatic heterocycles. The average Bonchev–Trinajstić information content (AvgIpc) is 2.73. The van der Waals surface area contributed by atoms with E-state index in [2.05, 4.69) is 35.8 Å². The molecule has 0 spiro atoms. The van der Waals surface area contributed by atoms with Crippen molar-refractivity contribution in [1.29, 1.82) is 0 Å². The quantitative estimate of drug-likeness (QED) is 0.922. The van der Waals surface area contributed by atoms with E-state index < -0.39 is 0 Å². The predicted octanol–water partition coefficient (Wildman–Crippen LogP) is 2.03. The number of hydrogen-bond donors (Lipinski definition) is 1. The minimum Gasteiger partial charge on any atom is -0.316 e. The lowest BCUT2D eigenvalue weighted by molar-refractivity contribution is 0.370. The molecular formula is C12H15BrN4. The number of halogens is 1. The molecule has 1 saturated heterocycles. The van der Waals surface area contributed by atoms with Crippen LogP contribution in [0.1, 0.15) is 18.7 Å². The fourth-order valence-electron chi connectivity index (χ4n) is 2.41. The molecule has 0 aliphatic carbocycles. The first-order valence-corrected chi connectivity index (χ1v) is 6.82. The molecule has 0 aromatic carbocycles. The highest BCUT2D eigenvalue weighted by atomic mass is 79.9. The van der Waals surface area contributed by atoms with Crippen molar-refractivity contribution in [3.05, 3.63) is 28.6 Å². The topological polar surface area (TPSA) is 42.2 Å². The van der Waals surface area contributed by atoms with Gasteiger partial charge in [-0.2, -0.15) is 0 Å². The van der Waals surface area contributed by atoms with Gasteiger partial charge in [0.25, 0.3) is 0 Å². The molecule has 0 bridgehead atoms. The summed E-state index contributed by atoms with van der Waals surface area (Å²) in [5.74, 6) is 1.75. The van der Waals surface area contributed by atoms with Crippen molar-refractivity contribution < 1.29 is 0 Å². The van der Waals surface area contributed by atoms with Gasteiger partial charge in [-0.05, 0) is 59.9 Å². The molecule has 0 amide bonds. The molecule has 2 aromatic heterocycles. The zero-order valence-electron chi connectivity index (χ0n) is 9.56. The summed E-state index contributed by atoms with van der Waals surface area (Å²) in [4.78, 5) is 0. The molecule has 5 heteroatoms. The molecule has 3 heterocycles. The van der Waals surface area contributed by atoms with Crippen LogP contribution in [0.4, 0.5) is 0 Å². The summed E-state index contributed by atoms with van der Waals surface area (Å²) in [6.07, 6.45) is 5.60. The van der Waals surface area contributed by atoms with E-state index in [0.717, 1.165) is 35.5 Å². The molecule has 0 radical (unpaired) electrons. The molecule has 1 N–H and O–H groups in total. The van der Waals surface area contributed by atoms with Crippen LogP contribution in [-0.2, 0) is 6.42 Å². The standard InChI is InChI=1S/C12H15BrN4/c13-10-3-4-11-15-16-12(17(11)8-10)6-9-2-1-5-14-7-9/h3-4,8-9,14H,1-2,5-7H2. The summed E-state index contributed by atoms with van der Waals surface area (Å²) in [6.45, 7) is 2.26. The Bertz CT molecular complexity index is 516. The van der Waals surface area contributed by atoms with Crippen molar-refractivity contribution in [3.8, 4) is 0 Å². The Morgan fingerprint density at radius 3 is 3.18 bits per heavy atom. The highest BCUT2D eigenvalue weighted by Crippen LogP contribution is 2.17. The summed E-state index contributed by atoms with van der Waals surface area (Å²) < 4.78 is 3.14. The van der Waals surface area contributed by atoms with Gasteiger partial charge in [-0.1, -0.05) is 0 Å². The maximum atomic E-state index is 4.29. The normalized spacial score (nSPS) is 20.9. The second kappa shape index (κ2) is 4.74. The van der Waals surface area contributed by atoms with Gasteiger partial charge < -0.3 is 5.32 Å². The second-order valence-electron chi connectivity index (χ2n) is 4.61. The van der Waals surface area contributed by atoms with E-state index in [4.69, 9.17) is 0 Å². The first-order chi connectivity index (χ1) is 8.33. The van der Waals surface area contributed by atoms with E-state index in [0.29, 0.717) is 5.92 Å². The molecule has 1 aliphatic rings. The highest BCUT2D eigenvalue weighted by molar-refractivity contribution is 9.10. The van der Waals surface area contributed by atoms with Crippen molar-refractivity contribution in [1.82, 2.24) is 19.9 Å². The number of nitrogens with one attached hydrogen (secondary N) is 1. The van der Waals surface area contributed by atoms with Gasteiger partial charge in [-0.25, -0.2) is 0 Å². The van der Waals surface area contributed by atoms with Crippen molar-refractivity contribution in [3.63, 3.8) is 0 Å². The first-order valence-electron chi connectivity index (χ1n) is 6.03. The van der Waals surface area contributed by atoms with Gasteiger partial charge in [0.15, 0.2) is 5.65 Å². The summed E-state index contributed by atoms with van der Waals surface area (Å²) in [5, 5.41) is 11.9. The van der Waals surface area contributed by atoms with Crippen molar-refractivity contribution >= 4 is 21.6 Å². The summed E-state index contributed by atoms with van der Waals surface area (Å²) >= 11 is 3.49. The van der Waals surface area contributed by atoms with E-state index in [1.807, 2.05) is 18.3 Å². The Balaban J connectivity index is 1.86. The van der Waals surface area contributed by atoms with E-state index in [1.165, 1.54) is 12.8 Å². The van der Waals surface area contributed by atoms with Crippen molar-refractivity contribution in [2.24, 2.45) is 5.92 Å². The SMILES string of the molecule is Brc1ccc2nnc(CC3CCCNC3)n2c1. The number of fused-ring (bicyclic) bond motifs is 1. The molecule has 3 rings (SSSR count). The Kier molecular flexibility index (Phi) is 3.11. The third-order valence-corrected chi connectivity index (χ3v) is 3.78. The van der Waals surface area contributed by atoms with Crippen LogP contribution in [0.15, 0.2) is 22.8 Å². The van der Waals surface area contributed by atoms with Crippen molar-refractivity contribution in [2.45, 2.75) is 19.3 Å². The molecule has 0 saturated carbocycles. The van der Waals surface area contributed by atoms with E-state index >= 15 is 0 Å². The molecular weight excluding hydrogens is 280 g/mol. The smallest absolute Gasteiger partial charge is 0.160 e. The molecule has 90 valence electrons. The van der Waals surface area contributed by atoms with Gasteiger partial charge in [-0.15, -0.1) is 10.2 Å². The number of rotatable bonds is 2. The molecule has 2 aromatic rings. The number of pyridine rings is 1. The zero-order valence-corrected chi connectivity index (χ0v) is 11.2. The zero-order chi connectivity index (χ0) is 11.7. The van der Waals surface area contributed by atoms with E-state index in [9.17, 15) is 0 Å². The molecule has 17 heavy (non-hydrogen) atoms. The molecule has 4 nitrogen and oxygen atoms in total. The molecule has 1 fully saturated rings. The summed E-state index contributed by atoms with van der Waals surface area (Å²) in [7, 11) is 0. The van der Waals surface area contributed by atoms with Crippen LogP contribution in [0.2, 0.25) is 0 Å². The molecule has 1 unspecified atom stereocenters. The fraction of sp³-hybridized carbons (Fsp3) is 0.500. The number of nitrogens with zero attached hydrogens (tertiary/aromatic N) is 3. The van der Waals surface area contributed by atoms with Crippen molar-refractivity contribution in [2.75, 3.05) is 13.1 Å². The Hall–Kier alpha value is -0.940. The largest absolute Gasteiger partial charge is 0.316 e. The van der Waals surface area contributed by atoms with Crippen LogP contribution in [-0.4, -0.2) is 27.7 Å². The Labute approximate surface area is 109 Å². The lowest BCUT2D eigenvalue weighted by atomic mass is 9.96. The third-order valence-electron chi connectivity index (χ3n) is 3.31. The van der Waals surface area contributed by atoms with Gasteiger partial charge in [0.05, 0.1) is 0 Å². The highest BCUT2D eigenvalue weighted by Gasteiger charge is 2.16. The van der Waals surface area contributed by atoms with Crippen LogP contribution in [0, 0.1) is 5.92 Å². The van der Waals surface area contributed by atoms with Gasteiger partial charge >= 0.3 is 0 Å². The lowest BCUT2D eigenvalue weighted by Crippen LogP contribution is -2.31. The summed E-state index contributed by atoms with van der Waals surface area (Å²) in [5.41, 5.74) is 0.923. The van der Waals surface area contributed by atoms with Gasteiger partial charge in [-0.3, -0.25) is 4.40 Å². The van der Waals surface area contributed by atoms with E-state index in [-0.39, 0.29) is 0 Å². The predicted molar refractivity (Wildman–Crippen MR) is 70.0 cm³/mol. The van der Waals surface area contributed by atoms with Gasteiger partial charge in [0.2, 0.25) is 0 Å². The maximum absolute atomic E-state index is 4.29. The van der Waals surface area contributed by atoms with Gasteiger partial charge in [0, 0.05) is 17.1 Å². The van der Waals surface area contributed by atoms with Crippen LogP contribution >= 0.6 is 15.9 Å². The third kappa shape index (κ3) is 2.35. The summed E-state index contributed by atoms with van der Waals surface area (Å²) in [6, 6.07) is 3.98. The van der Waals surface area contributed by atoms with Crippen LogP contribution in [0.3, 0.4) is 0 Å². The monoisotopic (exact) mass is 294 g/mol. The maximum Gasteiger partial charge on any atom is 0.160 e.